The monoisotopic (exact) mass is 316 g/mol. The van der Waals surface area contributed by atoms with Crippen LogP contribution in [0.15, 0.2) is 54.6 Å². The Bertz CT molecular complexity index is 843. The fraction of sp³-hybridized carbons (Fsp3) is 0.227. The third kappa shape index (κ3) is 3.48. The second kappa shape index (κ2) is 7.31. The van der Waals surface area contributed by atoms with E-state index in [1.54, 1.807) is 0 Å². The lowest BCUT2D eigenvalue weighted by Gasteiger charge is -2.20. The van der Waals surface area contributed by atoms with Gasteiger partial charge in [0.1, 0.15) is 0 Å². The standard InChI is InChI=1S/C22H24N2/c1-4-24(5-2)20-14-11-18(12-15-20)10-13-19-16-17(3)21-8-6-7-9-22(21)23-19/h6-16H,4-5H2,1-3H3/b13-10+. The van der Waals surface area contributed by atoms with E-state index in [0.717, 1.165) is 24.3 Å². The zero-order valence-electron chi connectivity index (χ0n) is 14.7. The smallest absolute Gasteiger partial charge is 0.0711 e. The molecule has 0 saturated carbocycles. The van der Waals surface area contributed by atoms with Gasteiger partial charge in [-0.3, -0.25) is 0 Å². The molecule has 0 amide bonds. The summed E-state index contributed by atoms with van der Waals surface area (Å²) in [6.45, 7) is 8.58. The summed E-state index contributed by atoms with van der Waals surface area (Å²) in [7, 11) is 0. The molecule has 0 atom stereocenters. The first-order valence-corrected chi connectivity index (χ1v) is 8.60. The second-order valence-corrected chi connectivity index (χ2v) is 5.98. The zero-order valence-corrected chi connectivity index (χ0v) is 14.7. The largest absolute Gasteiger partial charge is 0.372 e. The molecule has 0 fully saturated rings. The molecule has 2 nitrogen and oxygen atoms in total. The molecule has 0 aliphatic carbocycles. The highest BCUT2D eigenvalue weighted by atomic mass is 15.1. The lowest BCUT2D eigenvalue weighted by molar-refractivity contribution is 0.866. The van der Waals surface area contributed by atoms with Crippen LogP contribution in [0, 0.1) is 6.92 Å². The van der Waals surface area contributed by atoms with E-state index in [1.165, 1.54) is 22.2 Å². The van der Waals surface area contributed by atoms with Gasteiger partial charge in [0.15, 0.2) is 0 Å². The lowest BCUT2D eigenvalue weighted by Crippen LogP contribution is -2.21. The number of rotatable bonds is 5. The maximum Gasteiger partial charge on any atom is 0.0711 e. The first-order valence-electron chi connectivity index (χ1n) is 8.60. The Morgan fingerprint density at radius 3 is 2.33 bits per heavy atom. The number of hydrogen-bond donors (Lipinski definition) is 0. The van der Waals surface area contributed by atoms with Crippen molar-refractivity contribution in [3.63, 3.8) is 0 Å². The van der Waals surface area contributed by atoms with Gasteiger partial charge in [0.2, 0.25) is 0 Å². The van der Waals surface area contributed by atoms with Crippen molar-refractivity contribution in [3.8, 4) is 0 Å². The van der Waals surface area contributed by atoms with Crippen molar-refractivity contribution in [2.75, 3.05) is 18.0 Å². The van der Waals surface area contributed by atoms with Crippen molar-refractivity contribution in [1.82, 2.24) is 4.98 Å². The van der Waals surface area contributed by atoms with Gasteiger partial charge in [-0.05, 0) is 62.2 Å². The first-order chi connectivity index (χ1) is 11.7. The fourth-order valence-corrected chi connectivity index (χ4v) is 3.03. The van der Waals surface area contributed by atoms with Crippen LogP contribution in [-0.4, -0.2) is 18.1 Å². The van der Waals surface area contributed by atoms with E-state index in [-0.39, 0.29) is 0 Å². The van der Waals surface area contributed by atoms with E-state index in [0.29, 0.717) is 0 Å². The first kappa shape index (κ1) is 16.3. The van der Waals surface area contributed by atoms with Gasteiger partial charge in [0, 0.05) is 24.2 Å². The van der Waals surface area contributed by atoms with Crippen LogP contribution in [-0.2, 0) is 0 Å². The Balaban J connectivity index is 1.83. The third-order valence-corrected chi connectivity index (χ3v) is 4.41. The molecule has 0 radical (unpaired) electrons. The van der Waals surface area contributed by atoms with Crippen molar-refractivity contribution >= 4 is 28.7 Å². The Hall–Kier alpha value is -2.61. The van der Waals surface area contributed by atoms with Crippen molar-refractivity contribution in [2.45, 2.75) is 20.8 Å². The van der Waals surface area contributed by atoms with Crippen LogP contribution in [0.25, 0.3) is 23.1 Å². The molecule has 24 heavy (non-hydrogen) atoms. The number of benzene rings is 2. The molecule has 2 heteroatoms. The van der Waals surface area contributed by atoms with E-state index in [9.17, 15) is 0 Å². The minimum Gasteiger partial charge on any atom is -0.372 e. The number of nitrogens with zero attached hydrogens (tertiary/aromatic N) is 2. The molecule has 3 aromatic rings. The fourth-order valence-electron chi connectivity index (χ4n) is 3.03. The van der Waals surface area contributed by atoms with Gasteiger partial charge in [-0.25, -0.2) is 4.98 Å². The predicted octanol–water partition coefficient (Wildman–Crippen LogP) is 5.56. The normalized spacial score (nSPS) is 11.3. The summed E-state index contributed by atoms with van der Waals surface area (Å²) in [6.07, 6.45) is 4.22. The minimum absolute atomic E-state index is 0.999. The van der Waals surface area contributed by atoms with Crippen LogP contribution in [0.2, 0.25) is 0 Å². The molecule has 122 valence electrons. The third-order valence-electron chi connectivity index (χ3n) is 4.41. The number of anilines is 1. The van der Waals surface area contributed by atoms with Gasteiger partial charge in [0.25, 0.3) is 0 Å². The summed E-state index contributed by atoms with van der Waals surface area (Å²) >= 11 is 0. The van der Waals surface area contributed by atoms with Crippen molar-refractivity contribution in [3.05, 3.63) is 71.4 Å². The van der Waals surface area contributed by atoms with Gasteiger partial charge >= 0.3 is 0 Å². The van der Waals surface area contributed by atoms with E-state index in [1.807, 2.05) is 6.07 Å². The van der Waals surface area contributed by atoms with Gasteiger partial charge in [-0.2, -0.15) is 0 Å². The van der Waals surface area contributed by atoms with E-state index in [2.05, 4.69) is 86.4 Å². The maximum atomic E-state index is 4.73. The number of hydrogen-bond acceptors (Lipinski definition) is 2. The van der Waals surface area contributed by atoms with E-state index < -0.39 is 0 Å². The molecule has 3 rings (SSSR count). The van der Waals surface area contributed by atoms with Gasteiger partial charge < -0.3 is 4.90 Å². The van der Waals surface area contributed by atoms with Crippen LogP contribution >= 0.6 is 0 Å². The van der Waals surface area contributed by atoms with Crippen molar-refractivity contribution < 1.29 is 0 Å². The maximum absolute atomic E-state index is 4.73. The van der Waals surface area contributed by atoms with Crippen molar-refractivity contribution in [2.24, 2.45) is 0 Å². The Morgan fingerprint density at radius 2 is 1.62 bits per heavy atom. The molecular weight excluding hydrogens is 292 g/mol. The van der Waals surface area contributed by atoms with E-state index in [4.69, 9.17) is 4.98 Å². The summed E-state index contributed by atoms with van der Waals surface area (Å²) in [6, 6.07) is 19.1. The number of aryl methyl sites for hydroxylation is 1. The van der Waals surface area contributed by atoms with Crippen LogP contribution in [0.1, 0.15) is 30.7 Å². The summed E-state index contributed by atoms with van der Waals surface area (Å²) < 4.78 is 0. The Morgan fingerprint density at radius 1 is 0.917 bits per heavy atom. The molecule has 0 aliphatic rings. The molecule has 0 N–H and O–H groups in total. The van der Waals surface area contributed by atoms with E-state index >= 15 is 0 Å². The highest BCUT2D eigenvalue weighted by Gasteiger charge is 2.01. The highest BCUT2D eigenvalue weighted by Crippen LogP contribution is 2.20. The van der Waals surface area contributed by atoms with Crippen LogP contribution < -0.4 is 4.90 Å². The number of para-hydroxylation sites is 1. The number of pyridine rings is 1. The summed E-state index contributed by atoms with van der Waals surface area (Å²) in [5, 5.41) is 1.22. The molecule has 0 bridgehead atoms. The minimum atomic E-state index is 0.999. The average molecular weight is 316 g/mol. The summed E-state index contributed by atoms with van der Waals surface area (Å²) in [5.41, 5.74) is 5.78. The molecule has 0 unspecified atom stereocenters. The van der Waals surface area contributed by atoms with Gasteiger partial charge in [-0.15, -0.1) is 0 Å². The second-order valence-electron chi connectivity index (χ2n) is 5.98. The summed E-state index contributed by atoms with van der Waals surface area (Å²) in [5.74, 6) is 0. The van der Waals surface area contributed by atoms with Gasteiger partial charge in [0.05, 0.1) is 11.2 Å². The number of aromatic nitrogens is 1. The number of fused-ring (bicyclic) bond motifs is 1. The van der Waals surface area contributed by atoms with Crippen LogP contribution in [0.3, 0.4) is 0 Å². The quantitative estimate of drug-likeness (QED) is 0.612. The Labute approximate surface area is 144 Å². The van der Waals surface area contributed by atoms with Gasteiger partial charge in [-0.1, -0.05) is 36.4 Å². The highest BCUT2D eigenvalue weighted by molar-refractivity contribution is 5.84. The topological polar surface area (TPSA) is 16.1 Å². The zero-order chi connectivity index (χ0) is 16.9. The van der Waals surface area contributed by atoms with Crippen LogP contribution in [0.4, 0.5) is 5.69 Å². The molecule has 2 aromatic carbocycles. The Kier molecular flexibility index (Phi) is 4.95. The lowest BCUT2D eigenvalue weighted by atomic mass is 10.1. The predicted molar refractivity (Wildman–Crippen MR) is 105 cm³/mol. The molecule has 0 saturated heterocycles. The molecule has 1 aromatic heterocycles. The van der Waals surface area contributed by atoms with Crippen molar-refractivity contribution in [1.29, 1.82) is 0 Å². The SMILES string of the molecule is CCN(CC)c1ccc(/C=C/c2cc(C)c3ccccc3n2)cc1. The molecule has 1 heterocycles. The van der Waals surface area contributed by atoms with Crippen LogP contribution in [0.5, 0.6) is 0 Å². The average Bonchev–Trinajstić information content (AvgIpc) is 2.62. The summed E-state index contributed by atoms with van der Waals surface area (Å²) in [4.78, 5) is 7.08. The molecular formula is C22H24N2. The molecule has 0 spiro atoms. The molecule has 0 aliphatic heterocycles.